The Morgan fingerprint density at radius 2 is 1.80 bits per heavy atom. The van der Waals surface area contributed by atoms with E-state index in [0.29, 0.717) is 0 Å². The van der Waals surface area contributed by atoms with Crippen LogP contribution in [0.2, 0.25) is 0 Å². The third-order valence-corrected chi connectivity index (χ3v) is 2.68. The van der Waals surface area contributed by atoms with Gasteiger partial charge < -0.3 is 4.90 Å². The van der Waals surface area contributed by atoms with E-state index in [1.165, 1.54) is 16.8 Å². The number of benzene rings is 1. The van der Waals surface area contributed by atoms with Gasteiger partial charge in [0.15, 0.2) is 0 Å². The summed E-state index contributed by atoms with van der Waals surface area (Å²) in [6, 6.07) is 8.55. The summed E-state index contributed by atoms with van der Waals surface area (Å²) in [6.07, 6.45) is 6.16. The van der Waals surface area contributed by atoms with Crippen molar-refractivity contribution in [3.05, 3.63) is 65.9 Å². The van der Waals surface area contributed by atoms with Crippen LogP contribution in [0.4, 0.5) is 0 Å². The quantitative estimate of drug-likeness (QED) is 0.667. The first-order valence-electron chi connectivity index (χ1n) is 5.06. The molecular formula is C14H15N. The largest absolute Gasteiger partial charge is 0.345 e. The van der Waals surface area contributed by atoms with Gasteiger partial charge in [0, 0.05) is 18.4 Å². The van der Waals surface area contributed by atoms with E-state index >= 15 is 0 Å². The fourth-order valence-electron chi connectivity index (χ4n) is 1.64. The average molecular weight is 197 g/mol. The number of rotatable bonds is 1. The van der Waals surface area contributed by atoms with Crippen molar-refractivity contribution in [3.63, 3.8) is 0 Å². The number of hydrogen-bond acceptors (Lipinski definition) is 1. The van der Waals surface area contributed by atoms with Gasteiger partial charge in [-0.3, -0.25) is 0 Å². The molecule has 0 saturated carbocycles. The Labute approximate surface area is 91.0 Å². The minimum atomic E-state index is 1.02. The van der Waals surface area contributed by atoms with Crippen LogP contribution >= 0.6 is 0 Å². The van der Waals surface area contributed by atoms with Crippen LogP contribution in [0.1, 0.15) is 11.1 Å². The summed E-state index contributed by atoms with van der Waals surface area (Å²) in [6.45, 7) is 6.09. The highest BCUT2D eigenvalue weighted by Crippen LogP contribution is 2.24. The third-order valence-electron chi connectivity index (χ3n) is 2.68. The van der Waals surface area contributed by atoms with Crippen LogP contribution in [0.3, 0.4) is 0 Å². The van der Waals surface area contributed by atoms with Crippen molar-refractivity contribution in [2.45, 2.75) is 6.92 Å². The molecule has 0 unspecified atom stereocenters. The van der Waals surface area contributed by atoms with Gasteiger partial charge in [0.1, 0.15) is 0 Å². The Morgan fingerprint density at radius 3 is 2.47 bits per heavy atom. The summed E-state index contributed by atoms with van der Waals surface area (Å²) in [7, 11) is 2.04. The summed E-state index contributed by atoms with van der Waals surface area (Å²) in [5, 5.41) is 0. The number of nitrogens with zero attached hydrogens (tertiary/aromatic N) is 1. The molecule has 1 heterocycles. The summed E-state index contributed by atoms with van der Waals surface area (Å²) in [4.78, 5) is 2.10. The molecule has 1 aliphatic heterocycles. The van der Waals surface area contributed by atoms with Gasteiger partial charge in [-0.1, -0.05) is 42.5 Å². The molecule has 0 saturated heterocycles. The zero-order chi connectivity index (χ0) is 10.8. The molecule has 0 spiro atoms. The monoisotopic (exact) mass is 197 g/mol. The van der Waals surface area contributed by atoms with Crippen molar-refractivity contribution < 1.29 is 0 Å². The van der Waals surface area contributed by atoms with Crippen LogP contribution in [-0.4, -0.2) is 11.9 Å². The summed E-state index contributed by atoms with van der Waals surface area (Å²) in [5.74, 6) is 0. The highest BCUT2D eigenvalue weighted by molar-refractivity contribution is 5.69. The van der Waals surface area contributed by atoms with Gasteiger partial charge in [0.05, 0.1) is 0 Å². The first-order valence-corrected chi connectivity index (χ1v) is 5.06. The van der Waals surface area contributed by atoms with Gasteiger partial charge in [-0.15, -0.1) is 0 Å². The van der Waals surface area contributed by atoms with Crippen LogP contribution in [0.15, 0.2) is 54.8 Å². The molecule has 76 valence electrons. The molecule has 0 radical (unpaired) electrons. The van der Waals surface area contributed by atoms with E-state index in [9.17, 15) is 0 Å². The van der Waals surface area contributed by atoms with Crippen LogP contribution in [0.25, 0.3) is 5.70 Å². The molecular weight excluding hydrogens is 182 g/mol. The van der Waals surface area contributed by atoms with E-state index in [2.05, 4.69) is 48.7 Å². The fourth-order valence-corrected chi connectivity index (χ4v) is 1.64. The fraction of sp³-hybridized carbons (Fsp3) is 0.143. The number of aryl methyl sites for hydroxylation is 1. The topological polar surface area (TPSA) is 3.24 Å². The maximum absolute atomic E-state index is 3.99. The highest BCUT2D eigenvalue weighted by atomic mass is 15.1. The molecule has 2 rings (SSSR count). The van der Waals surface area contributed by atoms with Gasteiger partial charge in [-0.05, 0) is 24.6 Å². The first kappa shape index (κ1) is 9.78. The molecule has 0 aromatic heterocycles. The molecule has 1 aromatic carbocycles. The Hall–Kier alpha value is -1.76. The Kier molecular flexibility index (Phi) is 2.46. The van der Waals surface area contributed by atoms with E-state index in [4.69, 9.17) is 0 Å². The van der Waals surface area contributed by atoms with Crippen LogP contribution in [0, 0.1) is 6.92 Å². The molecule has 1 aliphatic rings. The maximum Gasteiger partial charge on any atom is 0.0481 e. The van der Waals surface area contributed by atoms with Gasteiger partial charge in [-0.2, -0.15) is 0 Å². The zero-order valence-electron chi connectivity index (χ0n) is 9.20. The predicted octanol–water partition coefficient (Wildman–Crippen LogP) is 3.35. The van der Waals surface area contributed by atoms with E-state index in [0.717, 1.165) is 5.70 Å². The smallest absolute Gasteiger partial charge is 0.0481 e. The lowest BCUT2D eigenvalue weighted by Crippen LogP contribution is -2.16. The second-order valence-electron chi connectivity index (χ2n) is 3.83. The van der Waals surface area contributed by atoms with Gasteiger partial charge >= 0.3 is 0 Å². The Morgan fingerprint density at radius 1 is 1.13 bits per heavy atom. The molecule has 15 heavy (non-hydrogen) atoms. The number of hydrogen-bond donors (Lipinski definition) is 0. The molecule has 1 aromatic rings. The molecule has 0 bridgehead atoms. The van der Waals surface area contributed by atoms with Crippen molar-refractivity contribution in [1.82, 2.24) is 4.90 Å². The predicted molar refractivity (Wildman–Crippen MR) is 65.2 cm³/mol. The number of allylic oxidation sites excluding steroid dienone is 3. The van der Waals surface area contributed by atoms with Crippen molar-refractivity contribution in [1.29, 1.82) is 0 Å². The molecule has 0 amide bonds. The molecule has 0 aliphatic carbocycles. The Balaban J connectivity index is 2.39. The van der Waals surface area contributed by atoms with Gasteiger partial charge in [-0.25, -0.2) is 0 Å². The summed E-state index contributed by atoms with van der Waals surface area (Å²) in [5.41, 5.74) is 4.73. The standard InChI is InChI=1S/C14H15N/c1-11-7-9-13(10-8-11)14-6-4-5-12(2)15(14)3/h4-10H,2H2,1,3H3. The average Bonchev–Trinajstić information content (AvgIpc) is 2.24. The van der Waals surface area contributed by atoms with Crippen molar-refractivity contribution in [3.8, 4) is 0 Å². The lowest BCUT2D eigenvalue weighted by atomic mass is 10.1. The molecule has 0 atom stereocenters. The first-order chi connectivity index (χ1) is 7.18. The summed E-state index contributed by atoms with van der Waals surface area (Å²) >= 11 is 0. The minimum Gasteiger partial charge on any atom is -0.345 e. The lowest BCUT2D eigenvalue weighted by Gasteiger charge is -2.25. The van der Waals surface area contributed by atoms with E-state index < -0.39 is 0 Å². The molecule has 1 nitrogen and oxygen atoms in total. The lowest BCUT2D eigenvalue weighted by molar-refractivity contribution is 0.615. The maximum atomic E-state index is 3.99. The van der Waals surface area contributed by atoms with E-state index in [1.807, 2.05) is 19.2 Å². The van der Waals surface area contributed by atoms with Crippen LogP contribution < -0.4 is 0 Å². The van der Waals surface area contributed by atoms with E-state index in [1.54, 1.807) is 0 Å². The minimum absolute atomic E-state index is 1.02. The van der Waals surface area contributed by atoms with Gasteiger partial charge in [0.2, 0.25) is 0 Å². The SMILES string of the molecule is C=C1C=CC=C(c2ccc(C)cc2)N1C. The van der Waals surface area contributed by atoms with E-state index in [-0.39, 0.29) is 0 Å². The van der Waals surface area contributed by atoms with Crippen molar-refractivity contribution in [2.75, 3.05) is 7.05 Å². The molecule has 1 heteroatoms. The second-order valence-corrected chi connectivity index (χ2v) is 3.83. The van der Waals surface area contributed by atoms with Crippen LogP contribution in [-0.2, 0) is 0 Å². The van der Waals surface area contributed by atoms with Crippen LogP contribution in [0.5, 0.6) is 0 Å². The second kappa shape index (κ2) is 3.77. The number of likely N-dealkylation sites (N-methyl/N-ethyl adjacent to an activating group) is 1. The summed E-state index contributed by atoms with van der Waals surface area (Å²) < 4.78 is 0. The highest BCUT2D eigenvalue weighted by Gasteiger charge is 2.10. The van der Waals surface area contributed by atoms with Gasteiger partial charge in [0.25, 0.3) is 0 Å². The van der Waals surface area contributed by atoms with Crippen molar-refractivity contribution in [2.24, 2.45) is 0 Å². The molecule has 0 fully saturated rings. The third kappa shape index (κ3) is 1.86. The van der Waals surface area contributed by atoms with Crippen molar-refractivity contribution >= 4 is 5.70 Å². The Bertz CT molecular complexity index is 435. The normalized spacial score (nSPS) is 15.5. The molecule has 0 N–H and O–H groups in total. The zero-order valence-corrected chi connectivity index (χ0v) is 9.20.